The summed E-state index contributed by atoms with van der Waals surface area (Å²) in [5.41, 5.74) is 0.935. The number of hydrogen-bond donors (Lipinski definition) is 1. The third-order valence-corrected chi connectivity index (χ3v) is 5.36. The first-order valence-electron chi connectivity index (χ1n) is 7.89. The van der Waals surface area contributed by atoms with Gasteiger partial charge in [0.25, 0.3) is 0 Å². The Morgan fingerprint density at radius 1 is 1.30 bits per heavy atom. The van der Waals surface area contributed by atoms with Crippen LogP contribution >= 0.6 is 11.6 Å². The van der Waals surface area contributed by atoms with E-state index in [-0.39, 0.29) is 11.8 Å². The molecule has 1 aromatic carbocycles. The van der Waals surface area contributed by atoms with Gasteiger partial charge in [-0.25, -0.2) is 0 Å². The van der Waals surface area contributed by atoms with Crippen LogP contribution in [0.3, 0.4) is 0 Å². The second kappa shape index (κ2) is 6.57. The molecule has 5 nitrogen and oxygen atoms in total. The number of aliphatic carboxylic acids is 1. The van der Waals surface area contributed by atoms with Crippen LogP contribution in [0.15, 0.2) is 12.1 Å². The summed E-state index contributed by atoms with van der Waals surface area (Å²) in [5, 5.41) is 10.00. The summed E-state index contributed by atoms with van der Waals surface area (Å²) in [7, 11) is 3.14. The van der Waals surface area contributed by atoms with Crippen LogP contribution in [0.25, 0.3) is 0 Å². The Kier molecular flexibility index (Phi) is 4.69. The molecular formula is C17H22ClNO4. The smallest absolute Gasteiger partial charge is 0.308 e. The van der Waals surface area contributed by atoms with Crippen molar-refractivity contribution in [1.29, 1.82) is 0 Å². The van der Waals surface area contributed by atoms with Crippen LogP contribution < -0.4 is 9.47 Å². The van der Waals surface area contributed by atoms with Gasteiger partial charge in [0, 0.05) is 19.6 Å². The molecule has 0 amide bonds. The molecule has 0 spiro atoms. The fraction of sp³-hybridized carbons (Fsp3) is 0.588. The largest absolute Gasteiger partial charge is 0.493 e. The van der Waals surface area contributed by atoms with E-state index in [2.05, 4.69) is 4.90 Å². The van der Waals surface area contributed by atoms with Crippen molar-refractivity contribution in [2.75, 3.05) is 27.3 Å². The molecule has 0 aromatic heterocycles. The molecule has 0 unspecified atom stereocenters. The summed E-state index contributed by atoms with van der Waals surface area (Å²) in [5.74, 6) is 1.04. The number of carboxylic acids is 1. The van der Waals surface area contributed by atoms with Gasteiger partial charge in [-0.3, -0.25) is 9.69 Å². The number of methoxy groups -OCH3 is 2. The van der Waals surface area contributed by atoms with E-state index < -0.39 is 5.97 Å². The fourth-order valence-electron chi connectivity index (χ4n) is 3.60. The highest BCUT2D eigenvalue weighted by atomic mass is 35.5. The van der Waals surface area contributed by atoms with Gasteiger partial charge in [0.2, 0.25) is 0 Å². The van der Waals surface area contributed by atoms with Crippen LogP contribution in [0.2, 0.25) is 5.02 Å². The number of halogens is 1. The van der Waals surface area contributed by atoms with E-state index in [0.717, 1.165) is 12.1 Å². The number of nitrogens with zero attached hydrogens (tertiary/aromatic N) is 1. The second-order valence-corrected chi connectivity index (χ2v) is 6.79. The van der Waals surface area contributed by atoms with Crippen molar-refractivity contribution in [3.8, 4) is 11.5 Å². The highest BCUT2D eigenvalue weighted by Gasteiger charge is 2.45. The summed E-state index contributed by atoms with van der Waals surface area (Å²) in [6.45, 7) is 2.04. The van der Waals surface area contributed by atoms with Crippen LogP contribution in [-0.2, 0) is 11.3 Å². The maximum Gasteiger partial charge on any atom is 0.308 e. The first-order chi connectivity index (χ1) is 11.0. The van der Waals surface area contributed by atoms with E-state index in [4.69, 9.17) is 21.1 Å². The number of benzene rings is 1. The summed E-state index contributed by atoms with van der Waals surface area (Å²) < 4.78 is 10.6. The summed E-state index contributed by atoms with van der Waals surface area (Å²) in [6, 6.07) is 3.76. The Balaban J connectivity index is 1.76. The standard InChI is InChI=1S/C17H22ClNO4/c1-22-14-6-5-11(15(18)16(14)23-2)7-19-8-12(10-3-4-10)13(9-19)17(20)21/h5-6,10,12-13H,3-4,7-9H2,1-2H3,(H,20,21)/t12-,13+/m0/s1. The predicted octanol–water partition coefficient (Wildman–Crippen LogP) is 2.90. The van der Waals surface area contributed by atoms with Gasteiger partial charge in [0.05, 0.1) is 25.2 Å². The van der Waals surface area contributed by atoms with Gasteiger partial charge in [-0.1, -0.05) is 17.7 Å². The molecule has 1 aliphatic carbocycles. The third kappa shape index (κ3) is 3.26. The highest BCUT2D eigenvalue weighted by molar-refractivity contribution is 6.33. The maximum absolute atomic E-state index is 11.5. The van der Waals surface area contributed by atoms with E-state index in [9.17, 15) is 9.90 Å². The highest BCUT2D eigenvalue weighted by Crippen LogP contribution is 2.45. The van der Waals surface area contributed by atoms with Crippen molar-refractivity contribution in [2.45, 2.75) is 19.4 Å². The SMILES string of the molecule is COc1ccc(CN2C[C@@H](C(=O)O)[C@H](C3CC3)C2)c(Cl)c1OC. The zero-order valence-corrected chi connectivity index (χ0v) is 14.2. The number of carbonyl (C=O) groups is 1. The van der Waals surface area contributed by atoms with Gasteiger partial charge >= 0.3 is 5.97 Å². The average molecular weight is 340 g/mol. The normalized spacial score (nSPS) is 24.7. The van der Waals surface area contributed by atoms with Gasteiger partial charge in [-0.15, -0.1) is 0 Å². The van der Waals surface area contributed by atoms with Gasteiger partial charge in [0.1, 0.15) is 0 Å². The fourth-order valence-corrected chi connectivity index (χ4v) is 3.89. The number of hydrogen-bond acceptors (Lipinski definition) is 4. The molecule has 6 heteroatoms. The first kappa shape index (κ1) is 16.4. The van der Waals surface area contributed by atoms with Crippen molar-refractivity contribution in [3.05, 3.63) is 22.7 Å². The van der Waals surface area contributed by atoms with Gasteiger partial charge in [-0.05, 0) is 36.3 Å². The predicted molar refractivity (Wildman–Crippen MR) is 87.2 cm³/mol. The van der Waals surface area contributed by atoms with Crippen molar-refractivity contribution in [1.82, 2.24) is 4.90 Å². The Morgan fingerprint density at radius 2 is 2.04 bits per heavy atom. The van der Waals surface area contributed by atoms with Crippen LogP contribution in [0.5, 0.6) is 11.5 Å². The Hall–Kier alpha value is -1.46. The van der Waals surface area contributed by atoms with Crippen molar-refractivity contribution >= 4 is 17.6 Å². The van der Waals surface area contributed by atoms with Crippen LogP contribution in [0, 0.1) is 17.8 Å². The minimum absolute atomic E-state index is 0.263. The van der Waals surface area contributed by atoms with E-state index in [1.54, 1.807) is 14.2 Å². The second-order valence-electron chi connectivity index (χ2n) is 6.41. The van der Waals surface area contributed by atoms with Crippen molar-refractivity contribution < 1.29 is 19.4 Å². The molecule has 1 heterocycles. The minimum atomic E-state index is -0.678. The monoisotopic (exact) mass is 339 g/mol. The van der Waals surface area contributed by atoms with Crippen LogP contribution in [-0.4, -0.2) is 43.3 Å². The summed E-state index contributed by atoms with van der Waals surface area (Å²) >= 11 is 6.43. The lowest BCUT2D eigenvalue weighted by Crippen LogP contribution is -2.24. The molecule has 1 saturated heterocycles. The van der Waals surface area contributed by atoms with Gasteiger partial charge in [0.15, 0.2) is 11.5 Å². The lowest BCUT2D eigenvalue weighted by atomic mass is 9.92. The van der Waals surface area contributed by atoms with Crippen LogP contribution in [0.4, 0.5) is 0 Å². The van der Waals surface area contributed by atoms with Crippen molar-refractivity contribution in [3.63, 3.8) is 0 Å². The van der Waals surface area contributed by atoms with Gasteiger partial charge < -0.3 is 14.6 Å². The number of rotatable bonds is 6. The molecule has 3 rings (SSSR count). The molecular weight excluding hydrogens is 318 g/mol. The van der Waals surface area contributed by atoms with E-state index in [1.165, 1.54) is 12.8 Å². The topological polar surface area (TPSA) is 59.0 Å². The molecule has 2 fully saturated rings. The van der Waals surface area contributed by atoms with Crippen molar-refractivity contribution in [2.24, 2.45) is 17.8 Å². The van der Waals surface area contributed by atoms with E-state index in [0.29, 0.717) is 35.5 Å². The molecule has 2 aliphatic rings. The number of ether oxygens (including phenoxy) is 2. The molecule has 1 aromatic rings. The third-order valence-electron chi connectivity index (χ3n) is 4.94. The maximum atomic E-state index is 11.5. The molecule has 23 heavy (non-hydrogen) atoms. The number of carboxylic acid groups (broad SMARTS) is 1. The van der Waals surface area contributed by atoms with Gasteiger partial charge in [-0.2, -0.15) is 0 Å². The molecule has 1 aliphatic heterocycles. The zero-order valence-electron chi connectivity index (χ0n) is 13.4. The van der Waals surface area contributed by atoms with E-state index >= 15 is 0 Å². The lowest BCUT2D eigenvalue weighted by molar-refractivity contribution is -0.142. The molecule has 126 valence electrons. The quantitative estimate of drug-likeness (QED) is 0.863. The van der Waals surface area contributed by atoms with Crippen LogP contribution in [0.1, 0.15) is 18.4 Å². The lowest BCUT2D eigenvalue weighted by Gasteiger charge is -2.18. The summed E-state index contributed by atoms with van der Waals surface area (Å²) in [6.07, 6.45) is 2.33. The number of likely N-dealkylation sites (tertiary alicyclic amines) is 1. The Bertz CT molecular complexity index is 603. The van der Waals surface area contributed by atoms with E-state index in [1.807, 2.05) is 12.1 Å². The first-order valence-corrected chi connectivity index (χ1v) is 8.27. The average Bonchev–Trinajstić information content (AvgIpc) is 3.29. The molecule has 1 saturated carbocycles. The Morgan fingerprint density at radius 3 is 2.61 bits per heavy atom. The zero-order chi connectivity index (χ0) is 16.6. The summed E-state index contributed by atoms with van der Waals surface area (Å²) in [4.78, 5) is 13.7. The molecule has 0 bridgehead atoms. The molecule has 0 radical (unpaired) electrons. The molecule has 1 N–H and O–H groups in total. The minimum Gasteiger partial charge on any atom is -0.493 e. The Labute approximate surface area is 141 Å². The molecule has 2 atom stereocenters.